The average molecular weight is 189 g/mol. The fraction of sp³-hybridized carbons (Fsp3) is 0.500. The first kappa shape index (κ1) is 8.96. The van der Waals surface area contributed by atoms with Crippen molar-refractivity contribution in [2.45, 2.75) is 12.8 Å². The molecule has 9 heavy (non-hydrogen) atoms. The molecule has 0 rings (SSSR count). The van der Waals surface area contributed by atoms with Crippen LogP contribution in [0.1, 0.15) is 12.8 Å². The second-order valence-corrected chi connectivity index (χ2v) is 2.72. The zero-order chi connectivity index (χ0) is 7.11. The molecule has 0 fully saturated rings. The molecule has 0 spiro atoms. The van der Waals surface area contributed by atoms with Gasteiger partial charge in [-0.05, 0) is 18.8 Å². The minimum Gasteiger partial charge on any atom is -0.103 e. The van der Waals surface area contributed by atoms with Gasteiger partial charge >= 0.3 is 0 Å². The van der Waals surface area contributed by atoms with Gasteiger partial charge < -0.3 is 0 Å². The van der Waals surface area contributed by atoms with E-state index in [1.54, 1.807) is 0 Å². The van der Waals surface area contributed by atoms with E-state index in [9.17, 15) is 0 Å². The lowest BCUT2D eigenvalue weighted by molar-refractivity contribution is 0.619. The molecule has 0 aliphatic rings. The van der Waals surface area contributed by atoms with E-state index in [0.29, 0.717) is 5.92 Å². The van der Waals surface area contributed by atoms with Crippen molar-refractivity contribution in [1.29, 1.82) is 0 Å². The largest absolute Gasteiger partial charge is 0.103 e. The Balaban J connectivity index is 3.39. The van der Waals surface area contributed by atoms with Crippen molar-refractivity contribution in [3.05, 3.63) is 25.3 Å². The average Bonchev–Trinajstić information content (AvgIpc) is 1.88. The third-order valence-corrected chi connectivity index (χ3v) is 2.13. The van der Waals surface area contributed by atoms with Crippen LogP contribution in [0.4, 0.5) is 0 Å². The Kier molecular flexibility index (Phi) is 6.06. The normalized spacial score (nSPS) is 9.56. The summed E-state index contributed by atoms with van der Waals surface area (Å²) in [4.78, 5) is 0. The Labute approximate surface area is 65.8 Å². The van der Waals surface area contributed by atoms with Gasteiger partial charge in [0.15, 0.2) is 0 Å². The molecule has 0 atom stereocenters. The van der Waals surface area contributed by atoms with Gasteiger partial charge in [-0.2, -0.15) is 0 Å². The molecule has 0 aromatic carbocycles. The molecule has 0 N–H and O–H groups in total. The fourth-order valence-electron chi connectivity index (χ4n) is 0.694. The van der Waals surface area contributed by atoms with Gasteiger partial charge in [-0.25, -0.2) is 0 Å². The third kappa shape index (κ3) is 4.46. The highest BCUT2D eigenvalue weighted by atomic mass is 79.9. The van der Waals surface area contributed by atoms with E-state index < -0.39 is 0 Å². The molecule has 0 saturated carbocycles. The molecule has 0 aliphatic heterocycles. The van der Waals surface area contributed by atoms with E-state index in [1.807, 2.05) is 12.2 Å². The fourth-order valence-corrected chi connectivity index (χ4v) is 1.22. The first-order chi connectivity index (χ1) is 4.35. The third-order valence-electron chi connectivity index (χ3n) is 1.22. The van der Waals surface area contributed by atoms with Gasteiger partial charge in [-0.3, -0.25) is 0 Å². The van der Waals surface area contributed by atoms with Gasteiger partial charge in [0.25, 0.3) is 0 Å². The van der Waals surface area contributed by atoms with Crippen molar-refractivity contribution < 1.29 is 0 Å². The van der Waals surface area contributed by atoms with Crippen molar-refractivity contribution in [1.82, 2.24) is 0 Å². The van der Waals surface area contributed by atoms with E-state index in [4.69, 9.17) is 0 Å². The molecule has 0 aromatic heterocycles. The number of rotatable bonds is 5. The molecule has 0 aromatic rings. The highest BCUT2D eigenvalue weighted by Gasteiger charge is 1.99. The molecular formula is C8H13Br. The van der Waals surface area contributed by atoms with Crippen molar-refractivity contribution in [3.8, 4) is 0 Å². The van der Waals surface area contributed by atoms with Crippen LogP contribution in [-0.2, 0) is 0 Å². The smallest absolute Gasteiger partial charge is 0.00655 e. The summed E-state index contributed by atoms with van der Waals surface area (Å²) in [6, 6.07) is 0. The Morgan fingerprint density at radius 3 is 1.89 bits per heavy atom. The summed E-state index contributed by atoms with van der Waals surface area (Å²) in [5.41, 5.74) is 0. The molecule has 0 bridgehead atoms. The minimum absolute atomic E-state index is 0.694. The maximum Gasteiger partial charge on any atom is 0.00655 e. The monoisotopic (exact) mass is 188 g/mol. The lowest BCUT2D eigenvalue weighted by atomic mass is 10.0. The highest BCUT2D eigenvalue weighted by molar-refractivity contribution is 9.09. The van der Waals surface area contributed by atoms with Crippen LogP contribution in [0.5, 0.6) is 0 Å². The SMILES string of the molecule is C=CCC(CBr)CC=C. The van der Waals surface area contributed by atoms with Gasteiger partial charge in [0.1, 0.15) is 0 Å². The molecular weight excluding hydrogens is 176 g/mol. The van der Waals surface area contributed by atoms with Gasteiger partial charge in [0, 0.05) is 5.33 Å². The summed E-state index contributed by atoms with van der Waals surface area (Å²) >= 11 is 3.42. The second-order valence-electron chi connectivity index (χ2n) is 2.07. The van der Waals surface area contributed by atoms with Crippen molar-refractivity contribution >= 4 is 15.9 Å². The van der Waals surface area contributed by atoms with Gasteiger partial charge in [-0.1, -0.05) is 28.1 Å². The van der Waals surface area contributed by atoms with Crippen molar-refractivity contribution in [2.24, 2.45) is 5.92 Å². The minimum atomic E-state index is 0.694. The van der Waals surface area contributed by atoms with Crippen LogP contribution in [0.15, 0.2) is 25.3 Å². The molecule has 0 radical (unpaired) electrons. The highest BCUT2D eigenvalue weighted by Crippen LogP contribution is 2.11. The van der Waals surface area contributed by atoms with Crippen LogP contribution < -0.4 is 0 Å². The predicted octanol–water partition coefficient (Wildman–Crippen LogP) is 3.15. The lowest BCUT2D eigenvalue weighted by Gasteiger charge is -2.06. The van der Waals surface area contributed by atoms with E-state index in [2.05, 4.69) is 29.1 Å². The van der Waals surface area contributed by atoms with Gasteiger partial charge in [0.05, 0.1) is 0 Å². The predicted molar refractivity (Wildman–Crippen MR) is 46.9 cm³/mol. The second kappa shape index (κ2) is 6.09. The number of halogens is 1. The standard InChI is InChI=1S/C8H13Br/c1-3-5-8(7-9)6-4-2/h3-4,8H,1-2,5-7H2. The Morgan fingerprint density at radius 2 is 1.67 bits per heavy atom. The number of alkyl halides is 1. The first-order valence-electron chi connectivity index (χ1n) is 3.12. The van der Waals surface area contributed by atoms with Crippen LogP contribution in [0.25, 0.3) is 0 Å². The molecule has 0 aliphatic carbocycles. The first-order valence-corrected chi connectivity index (χ1v) is 4.25. The van der Waals surface area contributed by atoms with Gasteiger partial charge in [-0.15, -0.1) is 13.2 Å². The Hall–Kier alpha value is -0.0400. The van der Waals surface area contributed by atoms with E-state index >= 15 is 0 Å². The summed E-state index contributed by atoms with van der Waals surface area (Å²) in [6.07, 6.45) is 6.07. The lowest BCUT2D eigenvalue weighted by Crippen LogP contribution is -1.97. The van der Waals surface area contributed by atoms with Crippen LogP contribution in [0, 0.1) is 5.92 Å². The summed E-state index contributed by atoms with van der Waals surface area (Å²) in [5, 5.41) is 1.05. The van der Waals surface area contributed by atoms with E-state index in [1.165, 1.54) is 0 Å². The molecule has 0 nitrogen and oxygen atoms in total. The Morgan fingerprint density at radius 1 is 1.22 bits per heavy atom. The van der Waals surface area contributed by atoms with Gasteiger partial charge in [0.2, 0.25) is 0 Å². The Bertz CT molecular complexity index is 76.6. The summed E-state index contributed by atoms with van der Waals surface area (Å²) < 4.78 is 0. The molecule has 0 saturated heterocycles. The number of hydrogen-bond acceptors (Lipinski definition) is 0. The van der Waals surface area contributed by atoms with Crippen LogP contribution >= 0.6 is 15.9 Å². The van der Waals surface area contributed by atoms with Crippen LogP contribution in [0.3, 0.4) is 0 Å². The summed E-state index contributed by atoms with van der Waals surface area (Å²) in [5.74, 6) is 0.694. The zero-order valence-electron chi connectivity index (χ0n) is 5.65. The maximum atomic E-state index is 3.68. The molecule has 1 heteroatoms. The maximum absolute atomic E-state index is 3.68. The number of hydrogen-bond donors (Lipinski definition) is 0. The number of allylic oxidation sites excluding steroid dienone is 2. The quantitative estimate of drug-likeness (QED) is 0.460. The van der Waals surface area contributed by atoms with Crippen molar-refractivity contribution in [3.63, 3.8) is 0 Å². The van der Waals surface area contributed by atoms with E-state index in [-0.39, 0.29) is 0 Å². The van der Waals surface area contributed by atoms with E-state index in [0.717, 1.165) is 18.2 Å². The van der Waals surface area contributed by atoms with Crippen molar-refractivity contribution in [2.75, 3.05) is 5.33 Å². The summed E-state index contributed by atoms with van der Waals surface area (Å²) in [6.45, 7) is 7.35. The molecule has 52 valence electrons. The topological polar surface area (TPSA) is 0 Å². The zero-order valence-corrected chi connectivity index (χ0v) is 7.23. The molecule has 0 unspecified atom stereocenters. The summed E-state index contributed by atoms with van der Waals surface area (Å²) in [7, 11) is 0. The van der Waals surface area contributed by atoms with Crippen LogP contribution in [-0.4, -0.2) is 5.33 Å². The van der Waals surface area contributed by atoms with Crippen LogP contribution in [0.2, 0.25) is 0 Å². The molecule has 0 amide bonds. The molecule has 0 heterocycles.